The van der Waals surface area contributed by atoms with E-state index in [0.717, 1.165) is 38.5 Å². The minimum absolute atomic E-state index is 0.0259. The summed E-state index contributed by atoms with van der Waals surface area (Å²) in [6, 6.07) is -0.539. The van der Waals surface area contributed by atoms with Crippen molar-refractivity contribution in [1.82, 2.24) is 5.32 Å². The first kappa shape index (κ1) is 72.6. The van der Waals surface area contributed by atoms with Crippen molar-refractivity contribution in [2.24, 2.45) is 0 Å². The minimum Gasteiger partial charge on any atom is -0.394 e. The SMILES string of the molecule is CCCCCCC/C=C\C/C=C\C/C=C\CCCCCCCCCCCCCCCCC(=O)NC(CO)C(O)CCCCCCCCCCCCCCCCCCCCCCCCCCCCCCCCCCC. The molecule has 0 rings (SSSR count). The number of hydrogen-bond acceptors (Lipinski definition) is 3. The molecule has 3 N–H and O–H groups in total. The molecular weight excluding hydrogens is 903 g/mol. The normalized spacial score (nSPS) is 12.9. The van der Waals surface area contributed by atoms with Crippen LogP contribution in [0.4, 0.5) is 0 Å². The third kappa shape index (κ3) is 61.5. The van der Waals surface area contributed by atoms with Gasteiger partial charge in [0.2, 0.25) is 5.91 Å². The van der Waals surface area contributed by atoms with Crippen LogP contribution in [0.3, 0.4) is 0 Å². The Morgan fingerprint density at radius 2 is 0.554 bits per heavy atom. The van der Waals surface area contributed by atoms with Crippen molar-refractivity contribution in [2.75, 3.05) is 6.61 Å². The van der Waals surface area contributed by atoms with Crippen LogP contribution in [0.25, 0.3) is 0 Å². The molecule has 0 bridgehead atoms. The highest BCUT2D eigenvalue weighted by atomic mass is 16.3. The van der Waals surface area contributed by atoms with Crippen LogP contribution in [-0.4, -0.2) is 34.9 Å². The maximum Gasteiger partial charge on any atom is 0.220 e. The average Bonchev–Trinajstić information content (AvgIpc) is 3.40. The molecule has 2 unspecified atom stereocenters. The van der Waals surface area contributed by atoms with Crippen molar-refractivity contribution in [3.8, 4) is 0 Å². The summed E-state index contributed by atoms with van der Waals surface area (Å²) in [4.78, 5) is 12.6. The van der Waals surface area contributed by atoms with Crippen molar-refractivity contribution < 1.29 is 15.0 Å². The first-order chi connectivity index (χ1) is 36.7. The maximum atomic E-state index is 12.6. The molecule has 0 aliphatic rings. The Balaban J connectivity index is 3.40. The summed E-state index contributed by atoms with van der Waals surface area (Å²) in [7, 11) is 0. The van der Waals surface area contributed by atoms with Crippen molar-refractivity contribution in [3.63, 3.8) is 0 Å². The molecule has 0 saturated carbocycles. The van der Waals surface area contributed by atoms with Crippen LogP contribution in [0.2, 0.25) is 0 Å². The fourth-order valence-electron chi connectivity index (χ4n) is 11.0. The lowest BCUT2D eigenvalue weighted by Crippen LogP contribution is -2.45. The fourth-order valence-corrected chi connectivity index (χ4v) is 11.0. The molecule has 0 radical (unpaired) electrons. The van der Waals surface area contributed by atoms with Crippen LogP contribution < -0.4 is 5.32 Å². The highest BCUT2D eigenvalue weighted by Gasteiger charge is 2.20. The summed E-state index contributed by atoms with van der Waals surface area (Å²) in [5.74, 6) is -0.0259. The summed E-state index contributed by atoms with van der Waals surface area (Å²) in [6.07, 6.45) is 90.5. The molecule has 0 aliphatic heterocycles. The summed E-state index contributed by atoms with van der Waals surface area (Å²) >= 11 is 0. The lowest BCUT2D eigenvalue weighted by Gasteiger charge is -2.22. The predicted molar refractivity (Wildman–Crippen MR) is 332 cm³/mol. The van der Waals surface area contributed by atoms with Crippen molar-refractivity contribution >= 4 is 5.91 Å². The van der Waals surface area contributed by atoms with Gasteiger partial charge >= 0.3 is 0 Å². The monoisotopic (exact) mass is 1040 g/mol. The van der Waals surface area contributed by atoms with Crippen molar-refractivity contribution in [1.29, 1.82) is 0 Å². The second-order valence-electron chi connectivity index (χ2n) is 23.6. The van der Waals surface area contributed by atoms with Crippen LogP contribution in [-0.2, 0) is 4.79 Å². The number of nitrogens with one attached hydrogen (secondary N) is 1. The zero-order valence-electron chi connectivity index (χ0n) is 50.6. The number of aliphatic hydroxyl groups excluding tert-OH is 2. The van der Waals surface area contributed by atoms with Gasteiger partial charge < -0.3 is 15.5 Å². The molecule has 0 aromatic rings. The average molecular weight is 1040 g/mol. The molecular formula is C70H135NO3. The number of allylic oxidation sites excluding steroid dienone is 6. The summed E-state index contributed by atoms with van der Waals surface area (Å²) in [5, 5.41) is 23.5. The number of carbonyl (C=O) groups is 1. The molecule has 0 aliphatic carbocycles. The Bertz CT molecular complexity index is 1130. The Hall–Kier alpha value is -1.39. The van der Waals surface area contributed by atoms with Crippen LogP contribution >= 0.6 is 0 Å². The highest BCUT2D eigenvalue weighted by Crippen LogP contribution is 2.19. The van der Waals surface area contributed by atoms with E-state index in [1.54, 1.807) is 0 Å². The van der Waals surface area contributed by atoms with Gasteiger partial charge in [-0.25, -0.2) is 0 Å². The first-order valence-electron chi connectivity index (χ1n) is 34.2. The number of hydrogen-bond donors (Lipinski definition) is 3. The molecule has 0 fully saturated rings. The van der Waals surface area contributed by atoms with E-state index < -0.39 is 12.1 Å². The van der Waals surface area contributed by atoms with Crippen molar-refractivity contribution in [3.05, 3.63) is 36.5 Å². The van der Waals surface area contributed by atoms with Gasteiger partial charge in [0.05, 0.1) is 18.8 Å². The molecule has 0 saturated heterocycles. The lowest BCUT2D eigenvalue weighted by molar-refractivity contribution is -0.123. The van der Waals surface area contributed by atoms with Gasteiger partial charge in [-0.15, -0.1) is 0 Å². The summed E-state index contributed by atoms with van der Waals surface area (Å²) in [6.45, 7) is 4.39. The first-order valence-corrected chi connectivity index (χ1v) is 34.2. The molecule has 1 amide bonds. The van der Waals surface area contributed by atoms with E-state index >= 15 is 0 Å². The van der Waals surface area contributed by atoms with Crippen LogP contribution in [0.15, 0.2) is 36.5 Å². The fraction of sp³-hybridized carbons (Fsp3) is 0.900. The zero-order chi connectivity index (χ0) is 53.4. The Labute approximate surface area is 465 Å². The van der Waals surface area contributed by atoms with E-state index in [4.69, 9.17) is 0 Å². The molecule has 0 aromatic heterocycles. The molecule has 0 spiro atoms. The third-order valence-corrected chi connectivity index (χ3v) is 16.2. The number of carbonyl (C=O) groups excluding carboxylic acids is 1. The quantitative estimate of drug-likeness (QED) is 0.0420. The van der Waals surface area contributed by atoms with Gasteiger partial charge in [-0.1, -0.05) is 365 Å². The summed E-state index contributed by atoms with van der Waals surface area (Å²) in [5.41, 5.74) is 0. The van der Waals surface area contributed by atoms with Gasteiger partial charge in [-0.05, 0) is 51.4 Å². The number of unbranched alkanes of at least 4 members (excludes halogenated alkanes) is 51. The molecule has 0 heterocycles. The largest absolute Gasteiger partial charge is 0.394 e. The second kappa shape index (κ2) is 65.9. The maximum absolute atomic E-state index is 12.6. The minimum atomic E-state index is -0.662. The Morgan fingerprint density at radius 1 is 0.324 bits per heavy atom. The van der Waals surface area contributed by atoms with E-state index in [9.17, 15) is 15.0 Å². The lowest BCUT2D eigenvalue weighted by atomic mass is 10.0. The van der Waals surface area contributed by atoms with Gasteiger partial charge in [0.15, 0.2) is 0 Å². The predicted octanol–water partition coefficient (Wildman–Crippen LogP) is 23.2. The van der Waals surface area contributed by atoms with E-state index in [1.807, 2.05) is 0 Å². The molecule has 2 atom stereocenters. The van der Waals surface area contributed by atoms with Crippen molar-refractivity contribution in [2.45, 2.75) is 398 Å². The van der Waals surface area contributed by atoms with Gasteiger partial charge in [-0.3, -0.25) is 4.79 Å². The molecule has 4 heteroatoms. The molecule has 0 aromatic carbocycles. The number of rotatable bonds is 64. The Morgan fingerprint density at radius 3 is 0.824 bits per heavy atom. The van der Waals surface area contributed by atoms with Gasteiger partial charge in [0.1, 0.15) is 0 Å². The third-order valence-electron chi connectivity index (χ3n) is 16.2. The van der Waals surface area contributed by atoms with Gasteiger partial charge in [0.25, 0.3) is 0 Å². The molecule has 438 valence electrons. The second-order valence-corrected chi connectivity index (χ2v) is 23.6. The topological polar surface area (TPSA) is 69.6 Å². The number of amides is 1. The standard InChI is InChI=1S/C70H135NO3/c1-3-5-7-9-11-13-15-17-19-21-23-25-27-29-31-33-34-35-36-38-39-41-43-45-47-49-51-53-55-57-59-61-63-65-69(73)68(67-72)71-70(74)66-64-62-60-58-56-54-52-50-48-46-44-42-40-37-32-30-28-26-24-22-20-18-16-14-12-10-8-6-4-2/h16,18,22,24,28,30,68-69,72-73H,3-15,17,19-21,23,25-27,29,31-67H2,1-2H3,(H,71,74)/b18-16-,24-22-,30-28-. The van der Waals surface area contributed by atoms with Gasteiger partial charge in [0, 0.05) is 6.42 Å². The van der Waals surface area contributed by atoms with E-state index in [2.05, 4.69) is 55.6 Å². The zero-order valence-corrected chi connectivity index (χ0v) is 50.6. The van der Waals surface area contributed by atoms with Crippen LogP contribution in [0.1, 0.15) is 386 Å². The molecule has 4 nitrogen and oxygen atoms in total. The number of aliphatic hydroxyl groups is 2. The van der Waals surface area contributed by atoms with E-state index in [0.29, 0.717) is 12.8 Å². The van der Waals surface area contributed by atoms with Crippen LogP contribution in [0, 0.1) is 0 Å². The van der Waals surface area contributed by atoms with E-state index in [-0.39, 0.29) is 12.5 Å². The summed E-state index contributed by atoms with van der Waals surface area (Å²) < 4.78 is 0. The smallest absolute Gasteiger partial charge is 0.220 e. The van der Waals surface area contributed by atoms with Gasteiger partial charge in [-0.2, -0.15) is 0 Å². The Kier molecular flexibility index (Phi) is 64.7. The highest BCUT2D eigenvalue weighted by molar-refractivity contribution is 5.76. The van der Waals surface area contributed by atoms with E-state index in [1.165, 1.54) is 321 Å². The van der Waals surface area contributed by atoms with Crippen LogP contribution in [0.5, 0.6) is 0 Å². The molecule has 74 heavy (non-hydrogen) atoms.